The number of anilines is 1. The lowest BCUT2D eigenvalue weighted by Gasteiger charge is -2.10. The van der Waals surface area contributed by atoms with Crippen LogP contribution in [0.1, 0.15) is 27.6 Å². The highest BCUT2D eigenvalue weighted by Crippen LogP contribution is 2.20. The minimum absolute atomic E-state index is 0.0226. The fourth-order valence-corrected chi connectivity index (χ4v) is 2.91. The minimum Gasteiger partial charge on any atom is -0.478 e. The predicted octanol–water partition coefficient (Wildman–Crippen LogP) is 2.39. The molecule has 0 fully saturated rings. The van der Waals surface area contributed by atoms with Gasteiger partial charge >= 0.3 is 5.97 Å². The Bertz CT molecular complexity index is 825. The highest BCUT2D eigenvalue weighted by Gasteiger charge is 2.18. The fourth-order valence-electron chi connectivity index (χ4n) is 1.83. The van der Waals surface area contributed by atoms with Crippen LogP contribution in [0.4, 0.5) is 5.69 Å². The van der Waals surface area contributed by atoms with Gasteiger partial charge in [0, 0.05) is 5.56 Å². The van der Waals surface area contributed by atoms with Crippen molar-refractivity contribution in [3.05, 3.63) is 59.7 Å². The van der Waals surface area contributed by atoms with Gasteiger partial charge in [-0.2, -0.15) is 0 Å². The van der Waals surface area contributed by atoms with Gasteiger partial charge in [0.1, 0.15) is 0 Å². The van der Waals surface area contributed by atoms with Crippen LogP contribution in [0, 0.1) is 0 Å². The second kappa shape index (κ2) is 5.98. The van der Waals surface area contributed by atoms with E-state index in [4.69, 9.17) is 5.11 Å². The summed E-state index contributed by atoms with van der Waals surface area (Å²) < 4.78 is 26.8. The van der Waals surface area contributed by atoms with Gasteiger partial charge in [-0.3, -0.25) is 9.52 Å². The van der Waals surface area contributed by atoms with Crippen LogP contribution in [-0.2, 0) is 10.0 Å². The van der Waals surface area contributed by atoms with Crippen LogP contribution in [0.5, 0.6) is 0 Å². The average molecular weight is 319 g/mol. The molecule has 0 aliphatic carbocycles. The number of carbonyl (C=O) groups excluding carboxylic acids is 1. The van der Waals surface area contributed by atoms with Crippen molar-refractivity contribution in [1.82, 2.24) is 0 Å². The molecule has 6 nitrogen and oxygen atoms in total. The monoisotopic (exact) mass is 319 g/mol. The van der Waals surface area contributed by atoms with E-state index < -0.39 is 16.0 Å². The summed E-state index contributed by atoms with van der Waals surface area (Å²) in [6.07, 6.45) is 0. The average Bonchev–Trinajstić information content (AvgIpc) is 2.47. The van der Waals surface area contributed by atoms with Crippen molar-refractivity contribution in [2.75, 3.05) is 4.72 Å². The maximum atomic E-state index is 12.3. The number of hydrogen-bond donors (Lipinski definition) is 2. The Labute approximate surface area is 127 Å². The molecule has 0 aliphatic heterocycles. The van der Waals surface area contributed by atoms with Gasteiger partial charge in [0.15, 0.2) is 5.78 Å². The molecule has 0 aromatic heterocycles. The van der Waals surface area contributed by atoms with Gasteiger partial charge in [0.2, 0.25) is 0 Å². The van der Waals surface area contributed by atoms with E-state index in [0.29, 0.717) is 5.56 Å². The summed E-state index contributed by atoms with van der Waals surface area (Å²) >= 11 is 0. The largest absolute Gasteiger partial charge is 0.478 e. The SMILES string of the molecule is CC(=O)c1ccc(S(=O)(=O)Nc2ccccc2C(=O)O)cc1. The molecule has 0 bridgehead atoms. The van der Waals surface area contributed by atoms with Crippen LogP contribution in [0.3, 0.4) is 0 Å². The van der Waals surface area contributed by atoms with Crippen molar-refractivity contribution in [2.24, 2.45) is 0 Å². The standard InChI is InChI=1S/C15H13NO5S/c1-10(17)11-6-8-12(9-7-11)22(20,21)16-14-5-3-2-4-13(14)15(18)19/h2-9,16H,1H3,(H,18,19). The summed E-state index contributed by atoms with van der Waals surface area (Å²) in [5.41, 5.74) is 0.224. The van der Waals surface area contributed by atoms with E-state index in [2.05, 4.69) is 4.72 Å². The molecule has 0 saturated carbocycles. The van der Waals surface area contributed by atoms with Crippen LogP contribution >= 0.6 is 0 Å². The zero-order valence-corrected chi connectivity index (χ0v) is 12.4. The first-order valence-corrected chi connectivity index (χ1v) is 7.76. The minimum atomic E-state index is -3.94. The third-order valence-corrected chi connectivity index (χ3v) is 4.35. The molecule has 2 aromatic carbocycles. The molecule has 0 heterocycles. The van der Waals surface area contributed by atoms with Crippen molar-refractivity contribution in [2.45, 2.75) is 11.8 Å². The lowest BCUT2D eigenvalue weighted by atomic mass is 10.2. The predicted molar refractivity (Wildman–Crippen MR) is 80.7 cm³/mol. The number of carboxylic acid groups (broad SMARTS) is 1. The molecule has 0 radical (unpaired) electrons. The molecule has 114 valence electrons. The maximum Gasteiger partial charge on any atom is 0.337 e. The Balaban J connectivity index is 2.36. The van der Waals surface area contributed by atoms with Gasteiger partial charge < -0.3 is 5.11 Å². The molecule has 0 spiro atoms. The maximum absolute atomic E-state index is 12.3. The second-order valence-corrected chi connectivity index (χ2v) is 6.22. The van der Waals surface area contributed by atoms with E-state index >= 15 is 0 Å². The van der Waals surface area contributed by atoms with Crippen LogP contribution in [0.2, 0.25) is 0 Å². The molecule has 0 saturated heterocycles. The molecule has 0 amide bonds. The number of carboxylic acids is 1. The van der Waals surface area contributed by atoms with E-state index in [9.17, 15) is 18.0 Å². The quantitative estimate of drug-likeness (QED) is 0.824. The van der Waals surface area contributed by atoms with Crippen LogP contribution in [0.25, 0.3) is 0 Å². The normalized spacial score (nSPS) is 11.0. The molecule has 7 heteroatoms. The molecule has 2 rings (SSSR count). The molecular formula is C15H13NO5S. The van der Waals surface area contributed by atoms with Gasteiger partial charge in [0.05, 0.1) is 16.1 Å². The number of hydrogen-bond acceptors (Lipinski definition) is 4. The summed E-state index contributed by atoms with van der Waals surface area (Å²) in [6, 6.07) is 11.1. The van der Waals surface area contributed by atoms with Crippen molar-refractivity contribution < 1.29 is 23.1 Å². The molecule has 0 atom stereocenters. The third kappa shape index (κ3) is 3.32. The van der Waals surface area contributed by atoms with Crippen LogP contribution < -0.4 is 4.72 Å². The van der Waals surface area contributed by atoms with Gasteiger partial charge in [-0.1, -0.05) is 24.3 Å². The van der Waals surface area contributed by atoms with Gasteiger partial charge in [-0.05, 0) is 31.2 Å². The Kier molecular flexibility index (Phi) is 4.27. The molecule has 0 unspecified atom stereocenters. The summed E-state index contributed by atoms with van der Waals surface area (Å²) in [4.78, 5) is 22.2. The first-order valence-electron chi connectivity index (χ1n) is 6.27. The number of Topliss-reactive ketones (excluding diaryl/α,β-unsaturated/α-hetero) is 1. The number of ketones is 1. The molecule has 2 N–H and O–H groups in total. The Hall–Kier alpha value is -2.67. The molecule has 22 heavy (non-hydrogen) atoms. The summed E-state index contributed by atoms with van der Waals surface area (Å²) in [6.45, 7) is 1.38. The van der Waals surface area contributed by atoms with Gasteiger partial charge in [-0.25, -0.2) is 13.2 Å². The van der Waals surface area contributed by atoms with Crippen molar-refractivity contribution in [3.63, 3.8) is 0 Å². The third-order valence-electron chi connectivity index (χ3n) is 2.97. The van der Waals surface area contributed by atoms with Gasteiger partial charge in [-0.15, -0.1) is 0 Å². The lowest BCUT2D eigenvalue weighted by molar-refractivity contribution is 0.0698. The van der Waals surface area contributed by atoms with E-state index in [0.717, 1.165) is 0 Å². The Morgan fingerprint density at radius 3 is 2.14 bits per heavy atom. The van der Waals surface area contributed by atoms with Crippen LogP contribution in [0.15, 0.2) is 53.4 Å². The van der Waals surface area contributed by atoms with E-state index in [1.165, 1.54) is 55.5 Å². The Morgan fingerprint density at radius 1 is 1.00 bits per heavy atom. The first kappa shape index (κ1) is 15.7. The highest BCUT2D eigenvalue weighted by molar-refractivity contribution is 7.92. The first-order chi connectivity index (χ1) is 10.3. The number of rotatable bonds is 5. The van der Waals surface area contributed by atoms with E-state index in [1.807, 2.05) is 0 Å². The van der Waals surface area contributed by atoms with Crippen molar-refractivity contribution in [1.29, 1.82) is 0 Å². The fraction of sp³-hybridized carbons (Fsp3) is 0.0667. The summed E-state index contributed by atoms with van der Waals surface area (Å²) in [5, 5.41) is 9.06. The number of nitrogens with one attached hydrogen (secondary N) is 1. The summed E-state index contributed by atoms with van der Waals surface area (Å²) in [5.74, 6) is -1.40. The second-order valence-electron chi connectivity index (χ2n) is 4.54. The lowest BCUT2D eigenvalue weighted by Crippen LogP contribution is -2.15. The number of benzene rings is 2. The Morgan fingerprint density at radius 2 is 1.59 bits per heavy atom. The molecule has 2 aromatic rings. The molecule has 0 aliphatic rings. The van der Waals surface area contributed by atoms with Crippen molar-refractivity contribution >= 4 is 27.5 Å². The van der Waals surface area contributed by atoms with E-state index in [-0.39, 0.29) is 21.9 Å². The number of para-hydroxylation sites is 1. The summed E-state index contributed by atoms with van der Waals surface area (Å²) in [7, 11) is -3.94. The zero-order valence-electron chi connectivity index (χ0n) is 11.6. The number of carbonyl (C=O) groups is 2. The topological polar surface area (TPSA) is 101 Å². The molecular weight excluding hydrogens is 306 g/mol. The zero-order chi connectivity index (χ0) is 16.3. The highest BCUT2D eigenvalue weighted by atomic mass is 32.2. The van der Waals surface area contributed by atoms with Crippen molar-refractivity contribution in [3.8, 4) is 0 Å². The number of aromatic carboxylic acids is 1. The van der Waals surface area contributed by atoms with E-state index in [1.54, 1.807) is 0 Å². The number of sulfonamides is 1. The van der Waals surface area contributed by atoms with Gasteiger partial charge in [0.25, 0.3) is 10.0 Å². The van der Waals surface area contributed by atoms with Crippen LogP contribution in [-0.4, -0.2) is 25.3 Å². The smallest absolute Gasteiger partial charge is 0.337 e.